The SMILES string of the molecule is COC(=O)Oc1ccc2c(c1)Oc1cc(OC(C)=O)ccc1C21OC(=O)c2cc3ccccc3cc21. The summed E-state index contributed by atoms with van der Waals surface area (Å²) in [5, 5.41) is 1.84. The Morgan fingerprint density at radius 3 is 2.00 bits per heavy atom. The number of fused-ring (bicyclic) bond motifs is 7. The van der Waals surface area contributed by atoms with E-state index < -0.39 is 23.7 Å². The van der Waals surface area contributed by atoms with Gasteiger partial charge in [-0.15, -0.1) is 0 Å². The molecule has 178 valence electrons. The number of hydrogen-bond donors (Lipinski definition) is 0. The van der Waals surface area contributed by atoms with Crippen LogP contribution < -0.4 is 14.2 Å². The highest BCUT2D eigenvalue weighted by Gasteiger charge is 2.53. The van der Waals surface area contributed by atoms with Gasteiger partial charge in [0.1, 0.15) is 23.0 Å². The smallest absolute Gasteiger partial charge is 0.456 e. The minimum atomic E-state index is -1.34. The number of esters is 2. The summed E-state index contributed by atoms with van der Waals surface area (Å²) in [5.41, 5.74) is 0.868. The van der Waals surface area contributed by atoms with Crippen molar-refractivity contribution in [3.05, 3.63) is 95.1 Å². The van der Waals surface area contributed by atoms with Crippen LogP contribution in [0.1, 0.15) is 34.0 Å². The molecule has 0 saturated carbocycles. The van der Waals surface area contributed by atoms with Crippen LogP contribution in [0.15, 0.2) is 72.8 Å². The maximum atomic E-state index is 13.2. The Hall–Kier alpha value is -4.85. The molecule has 0 radical (unpaired) electrons. The van der Waals surface area contributed by atoms with Gasteiger partial charge in [0.25, 0.3) is 0 Å². The molecule has 1 unspecified atom stereocenters. The standard InChI is InChI=1S/C28H18O8/c1-15(29)33-18-7-9-21-24(13-18)35-25-14-19(34-27(31)32-2)8-10-22(25)28(21)23-12-17-6-4-3-5-16(17)11-20(23)26(30)36-28/h3-14H,1-2H3. The van der Waals surface area contributed by atoms with Gasteiger partial charge in [0, 0.05) is 35.7 Å². The van der Waals surface area contributed by atoms with Crippen LogP contribution in [0.5, 0.6) is 23.0 Å². The second kappa shape index (κ2) is 7.84. The third kappa shape index (κ3) is 3.19. The molecule has 2 aliphatic rings. The third-order valence-electron chi connectivity index (χ3n) is 6.24. The molecule has 8 nitrogen and oxygen atoms in total. The monoisotopic (exact) mass is 482 g/mol. The zero-order valence-electron chi connectivity index (χ0n) is 19.2. The molecule has 0 saturated heterocycles. The van der Waals surface area contributed by atoms with E-state index in [1.54, 1.807) is 30.3 Å². The van der Waals surface area contributed by atoms with Gasteiger partial charge in [-0.1, -0.05) is 24.3 Å². The molecule has 1 spiro atoms. The number of carbonyl (C=O) groups is 3. The van der Waals surface area contributed by atoms with Gasteiger partial charge in [-0.05, 0) is 47.2 Å². The zero-order chi connectivity index (χ0) is 25.0. The predicted octanol–water partition coefficient (Wildman–Crippen LogP) is 5.48. The van der Waals surface area contributed by atoms with Crippen LogP contribution in [-0.4, -0.2) is 25.2 Å². The van der Waals surface area contributed by atoms with Crippen molar-refractivity contribution >= 4 is 28.9 Å². The second-order valence-electron chi connectivity index (χ2n) is 8.38. The lowest BCUT2D eigenvalue weighted by atomic mass is 9.77. The largest absolute Gasteiger partial charge is 0.513 e. The average Bonchev–Trinajstić information content (AvgIpc) is 3.13. The molecular formula is C28H18O8. The summed E-state index contributed by atoms with van der Waals surface area (Å²) in [6.45, 7) is 1.30. The summed E-state index contributed by atoms with van der Waals surface area (Å²) < 4.78 is 27.4. The van der Waals surface area contributed by atoms with Gasteiger partial charge in [-0.2, -0.15) is 0 Å². The average molecular weight is 482 g/mol. The van der Waals surface area contributed by atoms with Crippen LogP contribution >= 0.6 is 0 Å². The van der Waals surface area contributed by atoms with E-state index in [0.29, 0.717) is 33.8 Å². The minimum Gasteiger partial charge on any atom is -0.456 e. The number of hydrogen-bond acceptors (Lipinski definition) is 8. The molecule has 4 aromatic carbocycles. The topological polar surface area (TPSA) is 97.4 Å². The van der Waals surface area contributed by atoms with Crippen molar-refractivity contribution in [3.8, 4) is 23.0 Å². The fourth-order valence-electron chi connectivity index (χ4n) is 4.80. The molecule has 0 amide bonds. The summed E-state index contributed by atoms with van der Waals surface area (Å²) >= 11 is 0. The van der Waals surface area contributed by atoms with E-state index in [0.717, 1.165) is 10.8 Å². The van der Waals surface area contributed by atoms with Crippen molar-refractivity contribution in [2.45, 2.75) is 12.5 Å². The van der Waals surface area contributed by atoms with Crippen molar-refractivity contribution in [1.29, 1.82) is 0 Å². The molecule has 2 aliphatic heterocycles. The molecule has 6 rings (SSSR count). The van der Waals surface area contributed by atoms with Crippen LogP contribution in [0.4, 0.5) is 4.79 Å². The van der Waals surface area contributed by atoms with E-state index in [-0.39, 0.29) is 11.5 Å². The molecule has 36 heavy (non-hydrogen) atoms. The van der Waals surface area contributed by atoms with Crippen LogP contribution in [-0.2, 0) is 19.9 Å². The minimum absolute atomic E-state index is 0.179. The first kappa shape index (κ1) is 21.7. The third-order valence-corrected chi connectivity index (χ3v) is 6.24. The summed E-state index contributed by atoms with van der Waals surface area (Å²) in [4.78, 5) is 36.5. The molecule has 0 aliphatic carbocycles. The van der Waals surface area contributed by atoms with Crippen molar-refractivity contribution in [1.82, 2.24) is 0 Å². The Morgan fingerprint density at radius 2 is 1.39 bits per heavy atom. The Bertz CT molecular complexity index is 1600. The lowest BCUT2D eigenvalue weighted by Gasteiger charge is -2.36. The van der Waals surface area contributed by atoms with Crippen LogP contribution in [0, 0.1) is 0 Å². The first-order valence-electron chi connectivity index (χ1n) is 11.1. The normalized spacial score (nSPS) is 16.9. The van der Waals surface area contributed by atoms with Crippen molar-refractivity contribution < 1.29 is 38.1 Å². The first-order chi connectivity index (χ1) is 17.4. The molecule has 0 N–H and O–H groups in total. The van der Waals surface area contributed by atoms with Crippen LogP contribution in [0.3, 0.4) is 0 Å². The number of ether oxygens (including phenoxy) is 5. The Kier molecular flexibility index (Phi) is 4.72. The molecule has 2 heterocycles. The molecule has 4 aromatic rings. The van der Waals surface area contributed by atoms with Gasteiger partial charge >= 0.3 is 18.1 Å². The van der Waals surface area contributed by atoms with Gasteiger partial charge in [0.05, 0.1) is 12.7 Å². The Morgan fingerprint density at radius 1 is 0.778 bits per heavy atom. The van der Waals surface area contributed by atoms with Crippen molar-refractivity contribution in [3.63, 3.8) is 0 Å². The van der Waals surface area contributed by atoms with Gasteiger partial charge in [-0.3, -0.25) is 4.79 Å². The quantitative estimate of drug-likeness (QED) is 0.211. The number of benzene rings is 4. The highest BCUT2D eigenvalue weighted by atomic mass is 16.7. The van der Waals surface area contributed by atoms with E-state index in [2.05, 4.69) is 4.74 Å². The first-order valence-corrected chi connectivity index (χ1v) is 11.1. The van der Waals surface area contributed by atoms with Gasteiger partial charge in [0.15, 0.2) is 5.60 Å². The maximum absolute atomic E-state index is 13.2. The van der Waals surface area contributed by atoms with Crippen molar-refractivity contribution in [2.24, 2.45) is 0 Å². The number of methoxy groups -OCH3 is 1. The summed E-state index contributed by atoms with van der Waals surface area (Å²) in [7, 11) is 1.21. The summed E-state index contributed by atoms with van der Waals surface area (Å²) in [5.74, 6) is 0.110. The Labute approximate surface area is 204 Å². The van der Waals surface area contributed by atoms with E-state index in [1.165, 1.54) is 20.1 Å². The molecular weight excluding hydrogens is 464 g/mol. The maximum Gasteiger partial charge on any atom is 0.513 e. The number of carbonyl (C=O) groups excluding carboxylic acids is 3. The Balaban J connectivity index is 1.62. The molecule has 8 heteroatoms. The summed E-state index contributed by atoms with van der Waals surface area (Å²) in [6, 6.07) is 21.2. The molecule has 1 atom stereocenters. The fourth-order valence-corrected chi connectivity index (χ4v) is 4.80. The summed E-state index contributed by atoms with van der Waals surface area (Å²) in [6.07, 6.45) is -0.887. The van der Waals surface area contributed by atoms with Gasteiger partial charge in [-0.25, -0.2) is 9.59 Å². The van der Waals surface area contributed by atoms with Crippen molar-refractivity contribution in [2.75, 3.05) is 7.11 Å². The van der Waals surface area contributed by atoms with E-state index in [4.69, 9.17) is 18.9 Å². The van der Waals surface area contributed by atoms with E-state index >= 15 is 0 Å². The van der Waals surface area contributed by atoms with Gasteiger partial charge < -0.3 is 23.7 Å². The number of rotatable bonds is 2. The van der Waals surface area contributed by atoms with Crippen LogP contribution in [0.25, 0.3) is 10.8 Å². The molecule has 0 bridgehead atoms. The highest BCUT2D eigenvalue weighted by Crippen LogP contribution is 2.57. The molecule has 0 fully saturated rings. The zero-order valence-corrected chi connectivity index (χ0v) is 19.2. The highest BCUT2D eigenvalue weighted by molar-refractivity contribution is 6.02. The van der Waals surface area contributed by atoms with Crippen LogP contribution in [0.2, 0.25) is 0 Å². The predicted molar refractivity (Wildman–Crippen MR) is 127 cm³/mol. The second-order valence-corrected chi connectivity index (χ2v) is 8.38. The molecule has 0 aromatic heterocycles. The lowest BCUT2D eigenvalue weighted by molar-refractivity contribution is -0.131. The van der Waals surface area contributed by atoms with E-state index in [1.807, 2.05) is 36.4 Å². The lowest BCUT2D eigenvalue weighted by Crippen LogP contribution is -2.33. The van der Waals surface area contributed by atoms with Gasteiger partial charge in [0.2, 0.25) is 0 Å². The fraction of sp³-hybridized carbons (Fsp3) is 0.107. The van der Waals surface area contributed by atoms with E-state index in [9.17, 15) is 14.4 Å².